The van der Waals surface area contributed by atoms with Gasteiger partial charge in [-0.2, -0.15) is 0 Å². The van der Waals surface area contributed by atoms with Crippen LogP contribution in [0.4, 0.5) is 10.5 Å². The fraction of sp³-hybridized carbons (Fsp3) is 0.118. The maximum absolute atomic E-state index is 11.9. The van der Waals surface area contributed by atoms with Crippen molar-refractivity contribution in [3.63, 3.8) is 0 Å². The SMILES string of the molecule is O=[C]CNC(=O)c1cccc(NC(=O)NCc2ccccc2)c1. The van der Waals surface area contributed by atoms with Crippen molar-refractivity contribution in [2.45, 2.75) is 6.54 Å². The minimum Gasteiger partial charge on any atom is -0.344 e. The summed E-state index contributed by atoms with van der Waals surface area (Å²) < 4.78 is 0. The molecule has 23 heavy (non-hydrogen) atoms. The molecule has 0 saturated carbocycles. The van der Waals surface area contributed by atoms with Crippen LogP contribution in [0.2, 0.25) is 0 Å². The topological polar surface area (TPSA) is 87.3 Å². The molecule has 0 fully saturated rings. The minimum absolute atomic E-state index is 0.173. The van der Waals surface area contributed by atoms with Crippen molar-refractivity contribution in [2.75, 3.05) is 11.9 Å². The molecule has 0 aromatic heterocycles. The van der Waals surface area contributed by atoms with Gasteiger partial charge in [-0.15, -0.1) is 0 Å². The highest BCUT2D eigenvalue weighted by atomic mass is 16.2. The summed E-state index contributed by atoms with van der Waals surface area (Å²) in [5.74, 6) is -0.401. The molecule has 0 unspecified atom stereocenters. The molecule has 0 aliphatic carbocycles. The minimum atomic E-state index is -0.401. The van der Waals surface area contributed by atoms with Gasteiger partial charge in [-0.05, 0) is 23.8 Å². The highest BCUT2D eigenvalue weighted by Crippen LogP contribution is 2.10. The molecule has 2 aromatic carbocycles. The Kier molecular flexibility index (Phi) is 5.88. The molecule has 0 bridgehead atoms. The molecule has 2 aromatic rings. The van der Waals surface area contributed by atoms with Gasteiger partial charge in [0.25, 0.3) is 5.91 Å². The zero-order valence-electron chi connectivity index (χ0n) is 12.3. The van der Waals surface area contributed by atoms with Gasteiger partial charge < -0.3 is 16.0 Å². The van der Waals surface area contributed by atoms with Crippen molar-refractivity contribution in [1.29, 1.82) is 0 Å². The van der Waals surface area contributed by atoms with Gasteiger partial charge >= 0.3 is 6.03 Å². The van der Waals surface area contributed by atoms with E-state index in [1.165, 1.54) is 6.07 Å². The van der Waals surface area contributed by atoms with E-state index in [-0.39, 0.29) is 12.6 Å². The van der Waals surface area contributed by atoms with E-state index in [0.29, 0.717) is 17.8 Å². The molecule has 117 valence electrons. The van der Waals surface area contributed by atoms with Gasteiger partial charge in [-0.3, -0.25) is 9.59 Å². The van der Waals surface area contributed by atoms with Crippen molar-refractivity contribution in [3.8, 4) is 0 Å². The number of anilines is 1. The highest BCUT2D eigenvalue weighted by Gasteiger charge is 2.07. The van der Waals surface area contributed by atoms with Crippen molar-refractivity contribution in [2.24, 2.45) is 0 Å². The first-order chi connectivity index (χ1) is 11.2. The molecule has 6 heteroatoms. The number of amides is 3. The standard InChI is InChI=1S/C17H16N3O3/c21-10-9-18-16(22)14-7-4-8-15(11-14)20-17(23)19-12-13-5-2-1-3-6-13/h1-8,11H,9,12H2,(H,18,22)(H2,19,20,23). The lowest BCUT2D eigenvalue weighted by molar-refractivity contribution is 0.0959. The molecule has 0 aliphatic heterocycles. The molecule has 3 amide bonds. The quantitative estimate of drug-likeness (QED) is 0.761. The van der Waals surface area contributed by atoms with Gasteiger partial charge in [0.05, 0.1) is 6.54 Å². The van der Waals surface area contributed by atoms with Crippen LogP contribution < -0.4 is 16.0 Å². The lowest BCUT2D eigenvalue weighted by Crippen LogP contribution is -2.28. The Morgan fingerprint density at radius 3 is 2.48 bits per heavy atom. The van der Waals surface area contributed by atoms with Crippen LogP contribution in [0.25, 0.3) is 0 Å². The Balaban J connectivity index is 1.90. The summed E-state index contributed by atoms with van der Waals surface area (Å²) in [6.45, 7) is 0.232. The van der Waals surface area contributed by atoms with Crippen molar-refractivity contribution in [3.05, 3.63) is 65.7 Å². The first-order valence-electron chi connectivity index (χ1n) is 7.01. The number of rotatable bonds is 6. The number of carbonyl (C=O) groups is 2. The first-order valence-corrected chi connectivity index (χ1v) is 7.01. The molecular weight excluding hydrogens is 294 g/mol. The molecule has 0 heterocycles. The van der Waals surface area contributed by atoms with Crippen LogP contribution in [0.3, 0.4) is 0 Å². The van der Waals surface area contributed by atoms with Crippen molar-refractivity contribution in [1.82, 2.24) is 10.6 Å². The average molecular weight is 310 g/mol. The van der Waals surface area contributed by atoms with Crippen LogP contribution in [0.15, 0.2) is 54.6 Å². The average Bonchev–Trinajstić information content (AvgIpc) is 2.59. The zero-order chi connectivity index (χ0) is 16.5. The predicted octanol–water partition coefficient (Wildman–Crippen LogP) is 1.85. The van der Waals surface area contributed by atoms with Crippen LogP contribution in [-0.4, -0.2) is 24.8 Å². The number of carbonyl (C=O) groups excluding carboxylic acids is 3. The number of hydrogen-bond donors (Lipinski definition) is 3. The van der Waals surface area contributed by atoms with E-state index in [0.717, 1.165) is 5.56 Å². The molecule has 6 nitrogen and oxygen atoms in total. The van der Waals surface area contributed by atoms with E-state index in [9.17, 15) is 14.4 Å². The summed E-state index contributed by atoms with van der Waals surface area (Å²) in [6.07, 6.45) is 1.59. The lowest BCUT2D eigenvalue weighted by atomic mass is 10.2. The Morgan fingerprint density at radius 2 is 1.74 bits per heavy atom. The van der Waals surface area contributed by atoms with Crippen LogP contribution in [0, 0.1) is 0 Å². The maximum atomic E-state index is 11.9. The predicted molar refractivity (Wildman–Crippen MR) is 86.8 cm³/mol. The second-order valence-electron chi connectivity index (χ2n) is 4.70. The lowest BCUT2D eigenvalue weighted by Gasteiger charge is -2.09. The van der Waals surface area contributed by atoms with Gasteiger partial charge in [0.1, 0.15) is 0 Å². The molecule has 0 atom stereocenters. The Morgan fingerprint density at radius 1 is 0.957 bits per heavy atom. The van der Waals surface area contributed by atoms with Gasteiger partial charge in [0, 0.05) is 17.8 Å². The first kappa shape index (κ1) is 16.2. The maximum Gasteiger partial charge on any atom is 0.319 e. The van der Waals surface area contributed by atoms with Gasteiger partial charge in [-0.1, -0.05) is 36.4 Å². The van der Waals surface area contributed by atoms with Gasteiger partial charge in [0.15, 0.2) is 0 Å². The van der Waals surface area contributed by atoms with Crippen LogP contribution >= 0.6 is 0 Å². The van der Waals surface area contributed by atoms with Crippen molar-refractivity contribution < 1.29 is 14.4 Å². The highest BCUT2D eigenvalue weighted by molar-refractivity contribution is 5.97. The number of benzene rings is 2. The second kappa shape index (κ2) is 8.33. The molecule has 0 saturated heterocycles. The Labute approximate surface area is 133 Å². The third-order valence-corrected chi connectivity index (χ3v) is 3.00. The molecule has 3 N–H and O–H groups in total. The number of urea groups is 1. The number of hydrogen-bond acceptors (Lipinski definition) is 3. The molecule has 1 radical (unpaired) electrons. The van der Waals surface area contributed by atoms with E-state index in [2.05, 4.69) is 16.0 Å². The van der Waals surface area contributed by atoms with Crippen LogP contribution in [0.5, 0.6) is 0 Å². The van der Waals surface area contributed by atoms with Crippen LogP contribution in [-0.2, 0) is 11.3 Å². The second-order valence-corrected chi connectivity index (χ2v) is 4.70. The molecule has 0 spiro atoms. The Bertz CT molecular complexity index is 686. The van der Waals surface area contributed by atoms with E-state index >= 15 is 0 Å². The summed E-state index contributed by atoms with van der Waals surface area (Å²) in [4.78, 5) is 33.7. The fourth-order valence-corrected chi connectivity index (χ4v) is 1.91. The summed E-state index contributed by atoms with van der Waals surface area (Å²) in [5.41, 5.74) is 1.82. The fourth-order valence-electron chi connectivity index (χ4n) is 1.91. The van der Waals surface area contributed by atoms with Gasteiger partial charge in [-0.25, -0.2) is 4.79 Å². The zero-order valence-corrected chi connectivity index (χ0v) is 12.3. The Hall–Kier alpha value is -3.15. The van der Waals surface area contributed by atoms with E-state index in [1.54, 1.807) is 24.5 Å². The normalized spacial score (nSPS) is 9.74. The summed E-state index contributed by atoms with van der Waals surface area (Å²) >= 11 is 0. The smallest absolute Gasteiger partial charge is 0.319 e. The molecule has 2 rings (SSSR count). The largest absolute Gasteiger partial charge is 0.344 e. The third-order valence-electron chi connectivity index (χ3n) is 3.00. The number of nitrogens with one attached hydrogen (secondary N) is 3. The monoisotopic (exact) mass is 310 g/mol. The summed E-state index contributed by atoms with van der Waals surface area (Å²) in [7, 11) is 0. The van der Waals surface area contributed by atoms with Crippen LogP contribution in [0.1, 0.15) is 15.9 Å². The summed E-state index contributed by atoms with van der Waals surface area (Å²) in [5, 5.41) is 7.77. The van der Waals surface area contributed by atoms with E-state index in [4.69, 9.17) is 0 Å². The van der Waals surface area contributed by atoms with Gasteiger partial charge in [0.2, 0.25) is 6.29 Å². The summed E-state index contributed by atoms with van der Waals surface area (Å²) in [6, 6.07) is 15.6. The van der Waals surface area contributed by atoms with Crippen molar-refractivity contribution >= 4 is 23.9 Å². The van der Waals surface area contributed by atoms with E-state index in [1.807, 2.05) is 30.3 Å². The molecule has 0 aliphatic rings. The molecular formula is C17H16N3O3. The third kappa shape index (κ3) is 5.28. The van der Waals surface area contributed by atoms with E-state index < -0.39 is 5.91 Å².